The highest BCUT2D eigenvalue weighted by molar-refractivity contribution is 6.34. The molecule has 2 N–H and O–H groups in total. The van der Waals surface area contributed by atoms with Crippen molar-refractivity contribution in [1.82, 2.24) is 35.0 Å². The van der Waals surface area contributed by atoms with Gasteiger partial charge in [0.1, 0.15) is 11.6 Å². The lowest BCUT2D eigenvalue weighted by atomic mass is 10.0. The van der Waals surface area contributed by atoms with Crippen molar-refractivity contribution in [1.29, 1.82) is 0 Å². The smallest absolute Gasteiger partial charge is 0.252 e. The van der Waals surface area contributed by atoms with E-state index in [1.807, 2.05) is 24.0 Å². The second-order valence-corrected chi connectivity index (χ2v) is 9.46. The van der Waals surface area contributed by atoms with E-state index in [0.717, 1.165) is 22.6 Å². The molecular formula is C25H28ClN9O3. The summed E-state index contributed by atoms with van der Waals surface area (Å²) >= 11 is 6.31. The molecule has 12 nitrogen and oxygen atoms in total. The fourth-order valence-corrected chi connectivity index (χ4v) is 4.76. The second-order valence-electron chi connectivity index (χ2n) is 9.05. The largest absolute Gasteiger partial charge is 0.361 e. The van der Waals surface area contributed by atoms with Gasteiger partial charge in [0, 0.05) is 51.8 Å². The Balaban J connectivity index is 1.60. The third kappa shape index (κ3) is 4.86. The minimum absolute atomic E-state index is 0.0635. The number of anilines is 2. The molecule has 1 fully saturated rings. The Morgan fingerprint density at radius 2 is 1.87 bits per heavy atom. The Kier molecular flexibility index (Phi) is 6.89. The molecule has 0 unspecified atom stereocenters. The molecule has 38 heavy (non-hydrogen) atoms. The summed E-state index contributed by atoms with van der Waals surface area (Å²) < 4.78 is 7.00. The summed E-state index contributed by atoms with van der Waals surface area (Å²) in [4.78, 5) is 37.5. The van der Waals surface area contributed by atoms with E-state index in [-0.39, 0.29) is 11.8 Å². The molecule has 198 valence electrons. The van der Waals surface area contributed by atoms with E-state index < -0.39 is 0 Å². The monoisotopic (exact) mass is 537 g/mol. The molecule has 13 heteroatoms. The number of carbonyl (C=O) groups excluding carboxylic acids is 2. The number of piperazine rings is 1. The Labute approximate surface area is 224 Å². The summed E-state index contributed by atoms with van der Waals surface area (Å²) in [6.07, 6.45) is 0. The summed E-state index contributed by atoms with van der Waals surface area (Å²) in [7, 11) is 1.56. The minimum atomic E-state index is -0.278. The quantitative estimate of drug-likeness (QED) is 0.380. The van der Waals surface area contributed by atoms with Gasteiger partial charge in [-0.05, 0) is 31.5 Å². The number of nitrogens with zero attached hydrogens (tertiary/aromatic N) is 7. The van der Waals surface area contributed by atoms with Gasteiger partial charge >= 0.3 is 0 Å². The first kappa shape index (κ1) is 25.5. The molecule has 4 aromatic rings. The lowest BCUT2D eigenvalue weighted by Crippen LogP contribution is -2.48. The van der Waals surface area contributed by atoms with Gasteiger partial charge in [-0.25, -0.2) is 4.98 Å². The molecule has 1 aliphatic rings. The van der Waals surface area contributed by atoms with Gasteiger partial charge in [0.25, 0.3) is 5.91 Å². The maximum Gasteiger partial charge on any atom is 0.252 e. The van der Waals surface area contributed by atoms with Crippen LogP contribution in [0.1, 0.15) is 34.7 Å². The highest BCUT2D eigenvalue weighted by atomic mass is 35.5. The first-order valence-corrected chi connectivity index (χ1v) is 12.6. The first-order chi connectivity index (χ1) is 18.2. The van der Waals surface area contributed by atoms with Gasteiger partial charge < -0.3 is 25.0 Å². The van der Waals surface area contributed by atoms with E-state index in [9.17, 15) is 9.59 Å². The maximum absolute atomic E-state index is 12.4. The molecule has 0 bridgehead atoms. The molecule has 1 aliphatic heterocycles. The molecule has 3 aromatic heterocycles. The summed E-state index contributed by atoms with van der Waals surface area (Å²) in [6.45, 7) is 8.07. The van der Waals surface area contributed by atoms with E-state index in [1.165, 1.54) is 0 Å². The molecule has 0 atom stereocenters. The summed E-state index contributed by atoms with van der Waals surface area (Å²) in [5.74, 6) is 2.21. The second kappa shape index (κ2) is 10.3. The van der Waals surface area contributed by atoms with Crippen molar-refractivity contribution < 1.29 is 14.1 Å². The van der Waals surface area contributed by atoms with Crippen LogP contribution < -0.4 is 15.5 Å². The number of aryl methyl sites for hydroxylation is 2. The molecule has 0 saturated carbocycles. The van der Waals surface area contributed by atoms with Gasteiger partial charge in [-0.15, -0.1) is 0 Å². The van der Waals surface area contributed by atoms with Gasteiger partial charge in [-0.3, -0.25) is 9.59 Å². The molecule has 0 spiro atoms. The average molecular weight is 538 g/mol. The molecule has 1 aromatic carbocycles. The zero-order valence-electron chi connectivity index (χ0n) is 21.6. The van der Waals surface area contributed by atoms with Crippen LogP contribution in [0.5, 0.6) is 0 Å². The van der Waals surface area contributed by atoms with E-state index in [2.05, 4.69) is 25.7 Å². The Morgan fingerprint density at radius 3 is 2.53 bits per heavy atom. The number of carbonyl (C=O) groups is 2. The van der Waals surface area contributed by atoms with Gasteiger partial charge in [0.05, 0.1) is 22.8 Å². The van der Waals surface area contributed by atoms with E-state index >= 15 is 0 Å². The Morgan fingerprint density at radius 1 is 1.11 bits per heavy atom. The third-order valence-corrected chi connectivity index (χ3v) is 6.85. The van der Waals surface area contributed by atoms with Crippen LogP contribution in [0.15, 0.2) is 28.8 Å². The van der Waals surface area contributed by atoms with Gasteiger partial charge in [-0.2, -0.15) is 14.6 Å². The number of hydrogen-bond acceptors (Lipinski definition) is 9. The number of hydrogen-bond donors (Lipinski definition) is 2. The van der Waals surface area contributed by atoms with Crippen LogP contribution in [0.25, 0.3) is 16.8 Å². The summed E-state index contributed by atoms with van der Waals surface area (Å²) in [5, 5.41) is 15.0. The van der Waals surface area contributed by atoms with Crippen molar-refractivity contribution in [2.24, 2.45) is 0 Å². The Bertz CT molecular complexity index is 1520. The van der Waals surface area contributed by atoms with Crippen molar-refractivity contribution in [3.63, 3.8) is 0 Å². The number of benzene rings is 1. The molecule has 2 amide bonds. The van der Waals surface area contributed by atoms with Crippen molar-refractivity contribution in [2.75, 3.05) is 43.4 Å². The maximum atomic E-state index is 12.4. The number of amides is 2. The van der Waals surface area contributed by atoms with Crippen molar-refractivity contribution >= 4 is 40.7 Å². The van der Waals surface area contributed by atoms with Crippen LogP contribution in [0.3, 0.4) is 0 Å². The molecule has 0 radical (unpaired) electrons. The van der Waals surface area contributed by atoms with Crippen LogP contribution in [0.4, 0.5) is 11.6 Å². The summed E-state index contributed by atoms with van der Waals surface area (Å²) in [6, 6.07) is 7.23. The van der Waals surface area contributed by atoms with Crippen LogP contribution in [-0.4, -0.2) is 74.7 Å². The zero-order chi connectivity index (χ0) is 27.0. The fourth-order valence-electron chi connectivity index (χ4n) is 4.55. The van der Waals surface area contributed by atoms with Crippen LogP contribution in [0, 0.1) is 13.8 Å². The minimum Gasteiger partial charge on any atom is -0.361 e. The predicted octanol–water partition coefficient (Wildman–Crippen LogP) is 2.69. The molecule has 1 saturated heterocycles. The van der Waals surface area contributed by atoms with Crippen LogP contribution in [-0.2, 0) is 11.3 Å². The van der Waals surface area contributed by atoms with Crippen LogP contribution >= 0.6 is 11.6 Å². The number of halogens is 1. The van der Waals surface area contributed by atoms with Gasteiger partial charge in [0.15, 0.2) is 11.5 Å². The Hall–Kier alpha value is -4.19. The highest BCUT2D eigenvalue weighted by Gasteiger charge is 2.24. The van der Waals surface area contributed by atoms with E-state index in [1.54, 1.807) is 37.5 Å². The van der Waals surface area contributed by atoms with Crippen molar-refractivity contribution in [3.8, 4) is 11.1 Å². The number of aromatic nitrogens is 5. The summed E-state index contributed by atoms with van der Waals surface area (Å²) in [5.41, 5.74) is 3.27. The zero-order valence-corrected chi connectivity index (χ0v) is 22.3. The standard InChI is InChI=1S/C25H28ClN9O3/c1-14-23(17-5-6-19(26)18(11-17)25(37)27-4)24-30-21(34-9-7-33(8-10-34)16(3)36)12-20(35(24)31-14)28-13-22-29-15(2)32-38-22/h5-6,11-12,28H,7-10,13H2,1-4H3,(H,27,37). The third-order valence-electron chi connectivity index (χ3n) is 6.52. The lowest BCUT2D eigenvalue weighted by Gasteiger charge is -2.35. The van der Waals surface area contributed by atoms with Gasteiger partial charge in [0.2, 0.25) is 11.8 Å². The SMILES string of the molecule is CNC(=O)c1cc(-c2c(C)nn3c(NCc4nc(C)no4)cc(N4CCN(C(C)=O)CC4)nc23)ccc1Cl. The average Bonchev–Trinajstić information content (AvgIpc) is 3.48. The molecule has 0 aliphatic carbocycles. The lowest BCUT2D eigenvalue weighted by molar-refractivity contribution is -0.129. The van der Waals surface area contributed by atoms with Crippen molar-refractivity contribution in [2.45, 2.75) is 27.3 Å². The first-order valence-electron chi connectivity index (χ1n) is 12.2. The number of nitrogens with one attached hydrogen (secondary N) is 2. The fraction of sp³-hybridized carbons (Fsp3) is 0.360. The predicted molar refractivity (Wildman–Crippen MR) is 142 cm³/mol. The topological polar surface area (TPSA) is 134 Å². The number of fused-ring (bicyclic) bond motifs is 1. The van der Waals surface area contributed by atoms with Crippen LogP contribution in [0.2, 0.25) is 5.02 Å². The molecular weight excluding hydrogens is 510 g/mol. The van der Waals surface area contributed by atoms with Crippen molar-refractivity contribution in [3.05, 3.63) is 52.3 Å². The normalized spacial score (nSPS) is 13.7. The number of rotatable bonds is 6. The molecule has 5 rings (SSSR count). The van der Waals surface area contributed by atoms with E-state index in [0.29, 0.717) is 66.5 Å². The highest BCUT2D eigenvalue weighted by Crippen LogP contribution is 2.33. The molecule has 4 heterocycles. The van der Waals surface area contributed by atoms with E-state index in [4.69, 9.17) is 26.2 Å². The van der Waals surface area contributed by atoms with Gasteiger partial charge in [-0.1, -0.05) is 22.8 Å².